The number of benzene rings is 1. The lowest BCUT2D eigenvalue weighted by Crippen LogP contribution is -2.16. The molecular weight excluding hydrogens is 469 g/mol. The standard InChI is InChI=1S/C20H17Cl2N9O2/c21-11-1-2-12(13(22)7-11)16-9-28-19(29-16)15-3-4-25-20(30-15)26-6-5-24-18-8-14(23)17(10-27-18)31(32)33/h1-4,7-10H,5-6H2,(H,28,29)(H3,23,24,27)(H,25,26,30). The van der Waals surface area contributed by atoms with Gasteiger partial charge >= 0.3 is 5.69 Å². The molecule has 11 nitrogen and oxygen atoms in total. The maximum Gasteiger partial charge on any atom is 0.310 e. The van der Waals surface area contributed by atoms with E-state index < -0.39 is 4.92 Å². The first-order valence-corrected chi connectivity index (χ1v) is 10.4. The lowest BCUT2D eigenvalue weighted by atomic mass is 10.2. The first kappa shape index (κ1) is 22.2. The van der Waals surface area contributed by atoms with Gasteiger partial charge in [0.25, 0.3) is 0 Å². The van der Waals surface area contributed by atoms with Gasteiger partial charge in [-0.2, -0.15) is 0 Å². The molecule has 0 spiro atoms. The van der Waals surface area contributed by atoms with Crippen LogP contribution >= 0.6 is 23.2 Å². The van der Waals surface area contributed by atoms with Crippen molar-refractivity contribution in [3.8, 4) is 22.8 Å². The summed E-state index contributed by atoms with van der Waals surface area (Å²) in [6.45, 7) is 0.920. The van der Waals surface area contributed by atoms with Gasteiger partial charge in [-0.25, -0.2) is 19.9 Å². The highest BCUT2D eigenvalue weighted by Gasteiger charge is 2.13. The number of nitro groups is 1. The van der Waals surface area contributed by atoms with Crippen LogP contribution in [-0.4, -0.2) is 42.9 Å². The second kappa shape index (κ2) is 9.67. The fraction of sp³-hybridized carbons (Fsp3) is 0.100. The minimum atomic E-state index is -0.579. The summed E-state index contributed by atoms with van der Waals surface area (Å²) in [6.07, 6.45) is 4.41. The number of H-pyrrole nitrogens is 1. The van der Waals surface area contributed by atoms with Gasteiger partial charge in [-0.1, -0.05) is 23.2 Å². The van der Waals surface area contributed by atoms with E-state index in [2.05, 4.69) is 35.6 Å². The molecule has 1 aromatic carbocycles. The maximum absolute atomic E-state index is 10.8. The predicted octanol–water partition coefficient (Wildman–Crippen LogP) is 4.25. The number of aromatic amines is 1. The number of hydrogen-bond acceptors (Lipinski definition) is 9. The van der Waals surface area contributed by atoms with Gasteiger partial charge in [0.2, 0.25) is 5.95 Å². The topological polar surface area (TPSA) is 161 Å². The lowest BCUT2D eigenvalue weighted by molar-refractivity contribution is -0.384. The molecule has 3 heterocycles. The van der Waals surface area contributed by atoms with Gasteiger partial charge in [0.15, 0.2) is 5.82 Å². The second-order valence-corrected chi connectivity index (χ2v) is 7.62. The molecule has 0 radical (unpaired) electrons. The Labute approximate surface area is 197 Å². The number of hydrogen-bond donors (Lipinski definition) is 4. The minimum Gasteiger partial charge on any atom is -0.393 e. The van der Waals surface area contributed by atoms with E-state index in [9.17, 15) is 10.1 Å². The smallest absolute Gasteiger partial charge is 0.310 e. The number of anilines is 3. The second-order valence-electron chi connectivity index (χ2n) is 6.77. The SMILES string of the molecule is Nc1cc(NCCNc2nccc(-c3ncc(-c4ccc(Cl)cc4Cl)[nH]3)n2)ncc1[N+](=O)[O-]. The summed E-state index contributed by atoms with van der Waals surface area (Å²) >= 11 is 12.2. The first-order valence-electron chi connectivity index (χ1n) is 9.62. The number of aromatic nitrogens is 5. The number of nitrogens with zero attached hydrogens (tertiary/aromatic N) is 5. The van der Waals surface area contributed by atoms with E-state index in [1.165, 1.54) is 6.07 Å². The Morgan fingerprint density at radius 2 is 1.88 bits per heavy atom. The molecule has 4 rings (SSSR count). The molecule has 0 aliphatic heterocycles. The fourth-order valence-electron chi connectivity index (χ4n) is 2.95. The summed E-state index contributed by atoms with van der Waals surface area (Å²) in [5.41, 5.74) is 7.58. The zero-order valence-electron chi connectivity index (χ0n) is 16.9. The molecule has 0 amide bonds. The molecule has 0 fully saturated rings. The van der Waals surface area contributed by atoms with Crippen LogP contribution < -0.4 is 16.4 Å². The summed E-state index contributed by atoms with van der Waals surface area (Å²) in [7, 11) is 0. The molecule has 0 atom stereocenters. The maximum atomic E-state index is 10.8. The molecule has 33 heavy (non-hydrogen) atoms. The number of imidazole rings is 1. The Kier molecular flexibility index (Phi) is 6.52. The molecule has 0 saturated heterocycles. The Balaban J connectivity index is 1.37. The van der Waals surface area contributed by atoms with E-state index in [-0.39, 0.29) is 11.4 Å². The van der Waals surface area contributed by atoms with Crippen LogP contribution in [0.5, 0.6) is 0 Å². The van der Waals surface area contributed by atoms with E-state index >= 15 is 0 Å². The van der Waals surface area contributed by atoms with Gasteiger partial charge < -0.3 is 21.4 Å². The van der Waals surface area contributed by atoms with E-state index in [1.807, 2.05) is 6.07 Å². The Morgan fingerprint density at radius 3 is 2.64 bits per heavy atom. The number of nitrogens with two attached hydrogens (primary N) is 1. The van der Waals surface area contributed by atoms with Crippen LogP contribution in [0.25, 0.3) is 22.8 Å². The summed E-state index contributed by atoms with van der Waals surface area (Å²) in [5.74, 6) is 1.40. The quantitative estimate of drug-likeness (QED) is 0.162. The normalized spacial score (nSPS) is 10.7. The molecule has 5 N–H and O–H groups in total. The van der Waals surface area contributed by atoms with Crippen LogP contribution in [0.4, 0.5) is 23.1 Å². The highest BCUT2D eigenvalue weighted by Crippen LogP contribution is 2.30. The Bertz CT molecular complexity index is 1310. The molecule has 168 valence electrons. The van der Waals surface area contributed by atoms with Crippen LogP contribution in [0.2, 0.25) is 10.0 Å². The van der Waals surface area contributed by atoms with Gasteiger partial charge in [-0.3, -0.25) is 10.1 Å². The Morgan fingerprint density at radius 1 is 1.06 bits per heavy atom. The van der Waals surface area contributed by atoms with Crippen LogP contribution in [-0.2, 0) is 0 Å². The van der Waals surface area contributed by atoms with Crippen molar-refractivity contribution >= 4 is 46.3 Å². The van der Waals surface area contributed by atoms with Crippen molar-refractivity contribution < 1.29 is 4.92 Å². The third-order valence-corrected chi connectivity index (χ3v) is 5.07. The number of pyridine rings is 1. The van der Waals surface area contributed by atoms with Gasteiger partial charge in [-0.15, -0.1) is 0 Å². The summed E-state index contributed by atoms with van der Waals surface area (Å²) in [4.78, 5) is 30.5. The minimum absolute atomic E-state index is 0.0409. The Hall–Kier alpha value is -3.96. The highest BCUT2D eigenvalue weighted by atomic mass is 35.5. The zero-order chi connectivity index (χ0) is 23.4. The van der Waals surface area contributed by atoms with Crippen molar-refractivity contribution in [1.82, 2.24) is 24.9 Å². The van der Waals surface area contributed by atoms with Crippen LogP contribution in [0, 0.1) is 10.1 Å². The van der Waals surface area contributed by atoms with Crippen LogP contribution in [0.15, 0.2) is 48.9 Å². The van der Waals surface area contributed by atoms with E-state index in [0.29, 0.717) is 46.4 Å². The third-order valence-electron chi connectivity index (χ3n) is 4.52. The molecular formula is C20H17Cl2N9O2. The summed E-state index contributed by atoms with van der Waals surface area (Å²) in [5, 5.41) is 18.0. The third kappa shape index (κ3) is 5.27. The number of nitrogen functional groups attached to an aromatic ring is 1. The van der Waals surface area contributed by atoms with E-state index in [1.54, 1.807) is 30.6 Å². The summed E-state index contributed by atoms with van der Waals surface area (Å²) < 4.78 is 0. The van der Waals surface area contributed by atoms with Crippen molar-refractivity contribution in [2.45, 2.75) is 0 Å². The number of halogens is 2. The average Bonchev–Trinajstić information content (AvgIpc) is 3.27. The lowest BCUT2D eigenvalue weighted by Gasteiger charge is -2.08. The molecule has 0 unspecified atom stereocenters. The van der Waals surface area contributed by atoms with Crippen molar-refractivity contribution in [1.29, 1.82) is 0 Å². The van der Waals surface area contributed by atoms with Gasteiger partial charge in [-0.05, 0) is 24.3 Å². The molecule has 4 aromatic rings. The van der Waals surface area contributed by atoms with E-state index in [0.717, 1.165) is 17.5 Å². The van der Waals surface area contributed by atoms with Crippen molar-refractivity contribution in [3.63, 3.8) is 0 Å². The molecule has 0 bridgehead atoms. The zero-order valence-corrected chi connectivity index (χ0v) is 18.4. The fourth-order valence-corrected chi connectivity index (χ4v) is 3.46. The van der Waals surface area contributed by atoms with Crippen molar-refractivity contribution in [3.05, 3.63) is 69.1 Å². The monoisotopic (exact) mass is 485 g/mol. The van der Waals surface area contributed by atoms with Crippen LogP contribution in [0.3, 0.4) is 0 Å². The van der Waals surface area contributed by atoms with Crippen LogP contribution in [0.1, 0.15) is 0 Å². The number of rotatable bonds is 8. The first-order chi connectivity index (χ1) is 15.9. The highest BCUT2D eigenvalue weighted by molar-refractivity contribution is 6.36. The molecule has 13 heteroatoms. The van der Waals surface area contributed by atoms with Crippen molar-refractivity contribution in [2.75, 3.05) is 29.5 Å². The summed E-state index contributed by atoms with van der Waals surface area (Å²) in [6, 6.07) is 8.38. The van der Waals surface area contributed by atoms with E-state index in [4.69, 9.17) is 28.9 Å². The molecule has 0 aliphatic rings. The van der Waals surface area contributed by atoms with Crippen molar-refractivity contribution in [2.24, 2.45) is 0 Å². The molecule has 3 aromatic heterocycles. The van der Waals surface area contributed by atoms with Gasteiger partial charge in [0, 0.05) is 35.9 Å². The largest absolute Gasteiger partial charge is 0.393 e. The number of nitrogens with one attached hydrogen (secondary N) is 3. The molecule has 0 saturated carbocycles. The van der Waals surface area contributed by atoms with Gasteiger partial charge in [0.05, 0.1) is 21.8 Å². The van der Waals surface area contributed by atoms with Gasteiger partial charge in [0.1, 0.15) is 23.4 Å². The molecule has 0 aliphatic carbocycles. The predicted molar refractivity (Wildman–Crippen MR) is 127 cm³/mol. The average molecular weight is 486 g/mol.